The molecule has 2 heterocycles. The van der Waals surface area contributed by atoms with Gasteiger partial charge in [-0.3, -0.25) is 0 Å². The third kappa shape index (κ3) is 1.28. The molecule has 0 fully saturated rings. The van der Waals surface area contributed by atoms with Gasteiger partial charge < -0.3 is 0 Å². The third-order valence-corrected chi connectivity index (χ3v) is 3.50. The average Bonchev–Trinajstić information content (AvgIpc) is 2.83. The lowest BCUT2D eigenvalue weighted by Gasteiger charge is -2.05. The predicted octanol–water partition coefficient (Wildman–Crippen LogP) is 4.15. The van der Waals surface area contributed by atoms with Gasteiger partial charge in [-0.1, -0.05) is 0 Å². The van der Waals surface area contributed by atoms with Crippen molar-refractivity contribution in [3.8, 4) is 0 Å². The first-order chi connectivity index (χ1) is 8.52. The van der Waals surface area contributed by atoms with E-state index >= 15 is 0 Å². The fourth-order valence-corrected chi connectivity index (χ4v) is 2.68. The molecule has 0 aliphatic rings. The van der Waals surface area contributed by atoms with E-state index in [1.165, 1.54) is 11.4 Å². The molecule has 3 aromatic rings. The van der Waals surface area contributed by atoms with Crippen LogP contribution in [-0.2, 0) is 0 Å². The van der Waals surface area contributed by atoms with Crippen LogP contribution in [0, 0.1) is 29.2 Å². The van der Waals surface area contributed by atoms with Gasteiger partial charge in [-0.15, -0.1) is 11.3 Å². The smallest absolute Gasteiger partial charge is 0.216 e. The number of thiophene rings is 1. The van der Waals surface area contributed by atoms with E-state index in [0.717, 1.165) is 11.3 Å². The number of benzene rings is 1. The molecule has 0 aliphatic heterocycles. The minimum Gasteiger partial charge on any atom is -0.216 e. The number of aromatic nitrogens is 1. The molecule has 0 spiro atoms. The predicted molar refractivity (Wildman–Crippen MR) is 56.9 cm³/mol. The maximum absolute atomic E-state index is 13.6. The molecule has 92 valence electrons. The first kappa shape index (κ1) is 11.3. The summed E-state index contributed by atoms with van der Waals surface area (Å²) in [6.07, 6.45) is 0. The van der Waals surface area contributed by atoms with E-state index in [2.05, 4.69) is 4.98 Å². The number of hydrogen-bond donors (Lipinski definition) is 0. The molecule has 0 N–H and O–H groups in total. The normalized spacial score (nSPS) is 11.6. The van der Waals surface area contributed by atoms with Gasteiger partial charge in [0.2, 0.25) is 5.95 Å². The Kier molecular flexibility index (Phi) is 2.28. The summed E-state index contributed by atoms with van der Waals surface area (Å²) in [6.45, 7) is 0. The highest BCUT2D eigenvalue weighted by atomic mass is 32.1. The Balaban J connectivity index is 2.70. The summed E-state index contributed by atoms with van der Waals surface area (Å²) >= 11 is 0.893. The molecule has 18 heavy (non-hydrogen) atoms. The van der Waals surface area contributed by atoms with Gasteiger partial charge in [0.15, 0.2) is 23.3 Å². The molecule has 0 radical (unpaired) electrons. The van der Waals surface area contributed by atoms with Gasteiger partial charge in [0.1, 0.15) is 5.52 Å². The molecule has 0 atom stereocenters. The van der Waals surface area contributed by atoms with E-state index in [4.69, 9.17) is 0 Å². The summed E-state index contributed by atoms with van der Waals surface area (Å²) < 4.78 is 66.7. The van der Waals surface area contributed by atoms with E-state index in [1.54, 1.807) is 0 Å². The number of hydrogen-bond acceptors (Lipinski definition) is 2. The molecule has 2 aromatic heterocycles. The average molecular weight is 275 g/mol. The second-order valence-electron chi connectivity index (χ2n) is 3.55. The zero-order valence-corrected chi connectivity index (χ0v) is 9.22. The number of nitrogens with zero attached hydrogens (tertiary/aromatic N) is 1. The molecule has 0 aliphatic carbocycles. The Morgan fingerprint density at radius 1 is 0.889 bits per heavy atom. The van der Waals surface area contributed by atoms with Crippen LogP contribution < -0.4 is 0 Å². The largest absolute Gasteiger partial charge is 0.222 e. The molecular weight excluding hydrogens is 273 g/mol. The van der Waals surface area contributed by atoms with Crippen LogP contribution in [0.15, 0.2) is 11.4 Å². The maximum atomic E-state index is 13.6. The number of halogens is 5. The highest BCUT2D eigenvalue weighted by Gasteiger charge is 2.24. The molecule has 1 nitrogen and oxygen atoms in total. The van der Waals surface area contributed by atoms with E-state index in [0.29, 0.717) is 0 Å². The van der Waals surface area contributed by atoms with E-state index in [9.17, 15) is 22.0 Å². The van der Waals surface area contributed by atoms with Crippen molar-refractivity contribution in [2.45, 2.75) is 0 Å². The van der Waals surface area contributed by atoms with Crippen LogP contribution in [-0.4, -0.2) is 4.98 Å². The van der Waals surface area contributed by atoms with Gasteiger partial charge in [0.05, 0.1) is 10.1 Å². The van der Waals surface area contributed by atoms with E-state index < -0.39 is 40.1 Å². The SMILES string of the molecule is Fc1c(F)c(F)c2c(nc(F)c3ccsc32)c1F. The second-order valence-corrected chi connectivity index (χ2v) is 4.46. The van der Waals surface area contributed by atoms with Crippen molar-refractivity contribution in [1.29, 1.82) is 0 Å². The molecule has 0 saturated heterocycles. The van der Waals surface area contributed by atoms with Crippen molar-refractivity contribution in [2.24, 2.45) is 0 Å². The summed E-state index contributed by atoms with van der Waals surface area (Å²) in [5.74, 6) is -8.24. The number of pyridine rings is 1. The Labute approximate surface area is 100 Å². The van der Waals surface area contributed by atoms with Crippen LogP contribution in [0.5, 0.6) is 0 Å². The van der Waals surface area contributed by atoms with Gasteiger partial charge >= 0.3 is 0 Å². The lowest BCUT2D eigenvalue weighted by Crippen LogP contribution is -2.01. The molecule has 0 saturated carbocycles. The summed E-state index contributed by atoms with van der Waals surface area (Å²) in [5, 5.41) is 0.822. The lowest BCUT2D eigenvalue weighted by molar-refractivity contribution is 0.417. The van der Waals surface area contributed by atoms with Crippen LogP contribution in [0.1, 0.15) is 0 Å². The fourth-order valence-electron chi connectivity index (χ4n) is 1.76. The van der Waals surface area contributed by atoms with E-state index in [1.807, 2.05) is 0 Å². The van der Waals surface area contributed by atoms with Crippen molar-refractivity contribution in [3.05, 3.63) is 40.7 Å². The zero-order chi connectivity index (χ0) is 13.0. The topological polar surface area (TPSA) is 12.9 Å². The molecule has 0 amide bonds. The van der Waals surface area contributed by atoms with Crippen molar-refractivity contribution >= 4 is 32.3 Å². The second kappa shape index (κ2) is 3.61. The van der Waals surface area contributed by atoms with Crippen LogP contribution in [0.3, 0.4) is 0 Å². The van der Waals surface area contributed by atoms with Gasteiger partial charge in [0.25, 0.3) is 0 Å². The van der Waals surface area contributed by atoms with Crippen LogP contribution in [0.4, 0.5) is 22.0 Å². The van der Waals surface area contributed by atoms with Gasteiger partial charge in [0, 0.05) is 5.39 Å². The molecule has 1 aromatic carbocycles. The van der Waals surface area contributed by atoms with Gasteiger partial charge in [-0.05, 0) is 11.4 Å². The standard InChI is InChI=1S/C11H2F5NS/c12-5-4-9(8(15)7(14)6(5)13)17-11(16)3-1-2-18-10(3)4/h1-2H. The minimum atomic E-state index is -2.00. The highest BCUT2D eigenvalue weighted by molar-refractivity contribution is 7.18. The maximum Gasteiger partial charge on any atom is 0.222 e. The number of fused-ring (bicyclic) bond motifs is 3. The molecule has 0 unspecified atom stereocenters. The highest BCUT2D eigenvalue weighted by Crippen LogP contribution is 2.35. The summed E-state index contributed by atoms with van der Waals surface area (Å²) in [4.78, 5) is 3.16. The van der Waals surface area contributed by atoms with Crippen LogP contribution in [0.2, 0.25) is 0 Å². The van der Waals surface area contributed by atoms with Crippen molar-refractivity contribution in [1.82, 2.24) is 4.98 Å². The van der Waals surface area contributed by atoms with Gasteiger partial charge in [-0.25, -0.2) is 22.5 Å². The first-order valence-electron chi connectivity index (χ1n) is 4.70. The quantitative estimate of drug-likeness (QED) is 0.260. The third-order valence-electron chi connectivity index (χ3n) is 2.57. The number of rotatable bonds is 0. The summed E-state index contributed by atoms with van der Waals surface area (Å²) in [7, 11) is 0. The van der Waals surface area contributed by atoms with Crippen LogP contribution in [0.25, 0.3) is 21.0 Å². The Bertz CT molecular complexity index is 795. The first-order valence-corrected chi connectivity index (χ1v) is 5.58. The fraction of sp³-hybridized carbons (Fsp3) is 0. The minimum absolute atomic E-state index is 0.00667. The van der Waals surface area contributed by atoms with Crippen molar-refractivity contribution in [2.75, 3.05) is 0 Å². The monoisotopic (exact) mass is 275 g/mol. The Hall–Kier alpha value is -1.76. The summed E-state index contributed by atoms with van der Waals surface area (Å²) in [5.41, 5.74) is -0.848. The Morgan fingerprint density at radius 2 is 1.56 bits per heavy atom. The molecule has 7 heteroatoms. The zero-order valence-electron chi connectivity index (χ0n) is 8.40. The molecular formula is C11H2F5NS. The van der Waals surface area contributed by atoms with E-state index in [-0.39, 0.29) is 10.1 Å². The molecule has 3 rings (SSSR count). The van der Waals surface area contributed by atoms with Crippen molar-refractivity contribution in [3.63, 3.8) is 0 Å². The van der Waals surface area contributed by atoms with Crippen LogP contribution >= 0.6 is 11.3 Å². The van der Waals surface area contributed by atoms with Crippen molar-refractivity contribution < 1.29 is 22.0 Å². The Morgan fingerprint density at radius 3 is 2.28 bits per heavy atom. The van der Waals surface area contributed by atoms with Gasteiger partial charge in [-0.2, -0.15) is 4.39 Å². The lowest BCUT2D eigenvalue weighted by atomic mass is 10.1. The summed E-state index contributed by atoms with van der Waals surface area (Å²) in [6, 6.07) is 1.31. The molecule has 0 bridgehead atoms.